The average molecular weight is 368 g/mol. The van der Waals surface area contributed by atoms with E-state index in [4.69, 9.17) is 0 Å². The zero-order chi connectivity index (χ0) is 19.6. The average Bonchev–Trinajstić information content (AvgIpc) is 2.93. The van der Waals surface area contributed by atoms with E-state index in [2.05, 4.69) is 5.32 Å². The fraction of sp³-hybridized carbons (Fsp3) is 0.286. The molecular weight excluding hydrogens is 347 g/mol. The topological polar surface area (TPSA) is 66.5 Å². The molecule has 3 rings (SSSR count). The first-order valence-electron chi connectivity index (χ1n) is 8.93. The summed E-state index contributed by atoms with van der Waals surface area (Å²) in [5.74, 6) is -2.07. The van der Waals surface area contributed by atoms with Crippen LogP contribution >= 0.6 is 0 Å². The van der Waals surface area contributed by atoms with Crippen molar-refractivity contribution in [3.05, 3.63) is 71.0 Å². The third-order valence-electron chi connectivity index (χ3n) is 4.97. The molecule has 0 aromatic heterocycles. The summed E-state index contributed by atoms with van der Waals surface area (Å²) in [4.78, 5) is 39.4. The molecule has 2 aromatic rings. The fourth-order valence-corrected chi connectivity index (χ4v) is 3.24. The largest absolute Gasteiger partial charge is 0.350 e. The third-order valence-corrected chi connectivity index (χ3v) is 4.97. The van der Waals surface area contributed by atoms with Crippen molar-refractivity contribution in [3.8, 4) is 0 Å². The predicted octanol–water partition coefficient (Wildman–Crippen LogP) is 3.15. The number of imide groups is 1. The standard InChI is InChI=1S/C21H21FN2O3/c1-3-13(2)18(19(25)23-12-14-8-4-7-11-17(14)22)24-20(26)15-9-5-6-10-16(15)21(24)27/h4-11,13,18H,3,12H2,1-2H3,(H,23,25). The summed E-state index contributed by atoms with van der Waals surface area (Å²) in [5, 5.41) is 2.67. The Bertz CT molecular complexity index is 862. The quantitative estimate of drug-likeness (QED) is 0.797. The number of nitrogens with one attached hydrogen (secondary N) is 1. The summed E-state index contributed by atoms with van der Waals surface area (Å²) in [6.07, 6.45) is 0.602. The lowest BCUT2D eigenvalue weighted by Crippen LogP contribution is -2.52. The van der Waals surface area contributed by atoms with E-state index >= 15 is 0 Å². The van der Waals surface area contributed by atoms with Gasteiger partial charge in [0.1, 0.15) is 11.9 Å². The van der Waals surface area contributed by atoms with E-state index in [-0.39, 0.29) is 12.5 Å². The minimum atomic E-state index is -0.950. The van der Waals surface area contributed by atoms with Crippen LogP contribution in [0.5, 0.6) is 0 Å². The molecule has 2 atom stereocenters. The minimum absolute atomic E-state index is 0.0123. The van der Waals surface area contributed by atoms with Crippen LogP contribution in [0.1, 0.15) is 46.5 Å². The second-order valence-corrected chi connectivity index (χ2v) is 6.67. The van der Waals surface area contributed by atoms with E-state index in [1.165, 1.54) is 6.07 Å². The molecule has 1 heterocycles. The minimum Gasteiger partial charge on any atom is -0.350 e. The van der Waals surface area contributed by atoms with E-state index in [9.17, 15) is 18.8 Å². The lowest BCUT2D eigenvalue weighted by Gasteiger charge is -2.29. The Morgan fingerprint density at radius 2 is 1.59 bits per heavy atom. The Morgan fingerprint density at radius 1 is 1.04 bits per heavy atom. The van der Waals surface area contributed by atoms with Crippen LogP contribution in [0.4, 0.5) is 4.39 Å². The maximum Gasteiger partial charge on any atom is 0.262 e. The Balaban J connectivity index is 1.85. The molecule has 0 aliphatic carbocycles. The summed E-state index contributed by atoms with van der Waals surface area (Å²) in [6.45, 7) is 3.69. The maximum absolute atomic E-state index is 13.8. The van der Waals surface area contributed by atoms with E-state index in [1.54, 1.807) is 42.5 Å². The number of amides is 3. The fourth-order valence-electron chi connectivity index (χ4n) is 3.24. The van der Waals surface area contributed by atoms with Gasteiger partial charge >= 0.3 is 0 Å². The van der Waals surface area contributed by atoms with Gasteiger partial charge in [-0.05, 0) is 24.1 Å². The van der Waals surface area contributed by atoms with Crippen LogP contribution in [0.15, 0.2) is 48.5 Å². The Labute approximate surface area is 157 Å². The highest BCUT2D eigenvalue weighted by Gasteiger charge is 2.44. The van der Waals surface area contributed by atoms with Gasteiger partial charge in [0.15, 0.2) is 0 Å². The lowest BCUT2D eigenvalue weighted by atomic mass is 9.96. The van der Waals surface area contributed by atoms with Crippen molar-refractivity contribution in [2.45, 2.75) is 32.9 Å². The molecule has 6 heteroatoms. The van der Waals surface area contributed by atoms with Crippen molar-refractivity contribution in [2.24, 2.45) is 5.92 Å². The number of hydrogen-bond acceptors (Lipinski definition) is 3. The molecule has 2 aromatic carbocycles. The number of benzene rings is 2. The van der Waals surface area contributed by atoms with Crippen molar-refractivity contribution in [3.63, 3.8) is 0 Å². The van der Waals surface area contributed by atoms with Crippen LogP contribution in [-0.2, 0) is 11.3 Å². The monoisotopic (exact) mass is 368 g/mol. The van der Waals surface area contributed by atoms with E-state index in [0.717, 1.165) is 4.90 Å². The summed E-state index contributed by atoms with van der Waals surface area (Å²) in [6, 6.07) is 11.7. The summed E-state index contributed by atoms with van der Waals surface area (Å²) >= 11 is 0. The zero-order valence-electron chi connectivity index (χ0n) is 15.2. The Morgan fingerprint density at radius 3 is 2.15 bits per heavy atom. The van der Waals surface area contributed by atoms with Crippen LogP contribution in [0.2, 0.25) is 0 Å². The summed E-state index contributed by atoms with van der Waals surface area (Å²) in [7, 11) is 0. The molecule has 1 aliphatic rings. The van der Waals surface area contributed by atoms with Gasteiger partial charge in [0, 0.05) is 12.1 Å². The first kappa shape index (κ1) is 18.8. The van der Waals surface area contributed by atoms with Gasteiger partial charge < -0.3 is 5.32 Å². The van der Waals surface area contributed by atoms with Gasteiger partial charge in [-0.2, -0.15) is 0 Å². The molecule has 1 aliphatic heterocycles. The molecular formula is C21H21FN2O3. The molecule has 0 saturated carbocycles. The van der Waals surface area contributed by atoms with E-state index < -0.39 is 29.6 Å². The summed E-state index contributed by atoms with van der Waals surface area (Å²) in [5.41, 5.74) is 0.950. The highest BCUT2D eigenvalue weighted by atomic mass is 19.1. The first-order valence-corrected chi connectivity index (χ1v) is 8.93. The van der Waals surface area contributed by atoms with Gasteiger partial charge in [-0.15, -0.1) is 0 Å². The lowest BCUT2D eigenvalue weighted by molar-refractivity contribution is -0.126. The molecule has 140 valence electrons. The maximum atomic E-state index is 13.8. The molecule has 3 amide bonds. The van der Waals surface area contributed by atoms with Crippen LogP contribution in [0, 0.1) is 11.7 Å². The third kappa shape index (κ3) is 3.47. The van der Waals surface area contributed by atoms with E-state index in [1.807, 2.05) is 13.8 Å². The van der Waals surface area contributed by atoms with Crippen LogP contribution in [0.25, 0.3) is 0 Å². The highest BCUT2D eigenvalue weighted by molar-refractivity contribution is 6.22. The number of carbonyl (C=O) groups excluding carboxylic acids is 3. The van der Waals surface area contributed by atoms with Gasteiger partial charge in [-0.25, -0.2) is 4.39 Å². The molecule has 2 unspecified atom stereocenters. The second-order valence-electron chi connectivity index (χ2n) is 6.67. The van der Waals surface area contributed by atoms with Crippen LogP contribution in [-0.4, -0.2) is 28.7 Å². The van der Waals surface area contributed by atoms with Gasteiger partial charge in [0.25, 0.3) is 11.8 Å². The SMILES string of the molecule is CCC(C)C(C(=O)NCc1ccccc1F)N1C(=O)c2ccccc2C1=O. The molecule has 0 radical (unpaired) electrons. The number of nitrogens with zero attached hydrogens (tertiary/aromatic N) is 1. The van der Waals surface area contributed by atoms with Crippen molar-refractivity contribution < 1.29 is 18.8 Å². The molecule has 0 bridgehead atoms. The van der Waals surface area contributed by atoms with Gasteiger partial charge in [0.2, 0.25) is 5.91 Å². The molecule has 5 nitrogen and oxygen atoms in total. The molecule has 1 N–H and O–H groups in total. The number of halogens is 1. The van der Waals surface area contributed by atoms with Crippen LogP contribution < -0.4 is 5.32 Å². The Hall–Kier alpha value is -3.02. The molecule has 0 fully saturated rings. The van der Waals surface area contributed by atoms with E-state index in [0.29, 0.717) is 23.1 Å². The molecule has 0 saturated heterocycles. The smallest absolute Gasteiger partial charge is 0.262 e. The van der Waals surface area contributed by atoms with Gasteiger partial charge in [0.05, 0.1) is 11.1 Å². The predicted molar refractivity (Wildman–Crippen MR) is 98.4 cm³/mol. The number of fused-ring (bicyclic) bond motifs is 1. The van der Waals surface area contributed by atoms with Crippen LogP contribution in [0.3, 0.4) is 0 Å². The van der Waals surface area contributed by atoms with Crippen molar-refractivity contribution in [2.75, 3.05) is 0 Å². The highest BCUT2D eigenvalue weighted by Crippen LogP contribution is 2.28. The number of rotatable bonds is 6. The number of carbonyl (C=O) groups is 3. The van der Waals surface area contributed by atoms with Crippen molar-refractivity contribution in [1.29, 1.82) is 0 Å². The molecule has 27 heavy (non-hydrogen) atoms. The van der Waals surface area contributed by atoms with Crippen molar-refractivity contribution in [1.82, 2.24) is 10.2 Å². The normalized spacial score (nSPS) is 15.4. The zero-order valence-corrected chi connectivity index (χ0v) is 15.2. The van der Waals surface area contributed by atoms with Crippen molar-refractivity contribution >= 4 is 17.7 Å². The van der Waals surface area contributed by atoms with Gasteiger partial charge in [-0.3, -0.25) is 19.3 Å². The second kappa shape index (κ2) is 7.70. The molecule has 0 spiro atoms. The van der Waals surface area contributed by atoms with Gasteiger partial charge in [-0.1, -0.05) is 50.6 Å². The number of hydrogen-bond donors (Lipinski definition) is 1. The summed E-state index contributed by atoms with van der Waals surface area (Å²) < 4.78 is 13.8. The first-order chi connectivity index (χ1) is 13.0. The Kier molecular flexibility index (Phi) is 5.35.